The van der Waals surface area contributed by atoms with Crippen molar-refractivity contribution in [3.8, 4) is 10.6 Å². The van der Waals surface area contributed by atoms with E-state index in [2.05, 4.69) is 26.8 Å². The lowest BCUT2D eigenvalue weighted by Crippen LogP contribution is -2.44. The molecule has 2 aromatic heterocycles. The Labute approximate surface area is 236 Å². The summed E-state index contributed by atoms with van der Waals surface area (Å²) < 4.78 is 0. The van der Waals surface area contributed by atoms with Crippen LogP contribution in [0.1, 0.15) is 27.0 Å². The molecule has 0 bridgehead atoms. The first-order chi connectivity index (χ1) is 19.4. The molecular formula is C31H29N5O3S. The predicted molar refractivity (Wildman–Crippen MR) is 157 cm³/mol. The average Bonchev–Trinajstić information content (AvgIpc) is 3.51. The summed E-state index contributed by atoms with van der Waals surface area (Å²) in [6.07, 6.45) is 3.24. The molecule has 1 unspecified atom stereocenters. The Morgan fingerprint density at radius 1 is 0.925 bits per heavy atom. The number of aromatic nitrogens is 2. The van der Waals surface area contributed by atoms with Gasteiger partial charge >= 0.3 is 0 Å². The second-order valence-electron chi connectivity index (χ2n) is 10.1. The van der Waals surface area contributed by atoms with Crippen molar-refractivity contribution in [2.45, 2.75) is 13.0 Å². The molecule has 4 aromatic rings. The maximum atomic E-state index is 14.1. The molecule has 202 valence electrons. The molecule has 0 aliphatic carbocycles. The van der Waals surface area contributed by atoms with Gasteiger partial charge in [0.25, 0.3) is 5.91 Å². The van der Waals surface area contributed by atoms with E-state index in [9.17, 15) is 14.7 Å². The minimum absolute atomic E-state index is 0.0469. The first-order valence-corrected chi connectivity index (χ1v) is 14.0. The number of carbonyl (C=O) groups excluding carboxylic acids is 2. The Hall–Kier alpha value is -4.34. The van der Waals surface area contributed by atoms with Crippen molar-refractivity contribution in [1.82, 2.24) is 14.9 Å². The standard InChI is InChI=1S/C31H29N5O3S/c1-20-29(40-30(33-20)22-6-4-3-5-7-22)27(37)25-26(21-12-14-32-15-13-21)36(31(39)28(25)38)24-10-8-23(9-11-24)35-18-16-34(2)17-19-35/h3-15,26,38H,16-19H2,1-2H3. The Balaban J connectivity index is 1.37. The van der Waals surface area contributed by atoms with E-state index >= 15 is 0 Å². The van der Waals surface area contributed by atoms with Crippen LogP contribution in [-0.4, -0.2) is 64.9 Å². The summed E-state index contributed by atoms with van der Waals surface area (Å²) in [7, 11) is 2.12. The third kappa shape index (κ3) is 4.67. The minimum Gasteiger partial charge on any atom is -0.503 e. The fraction of sp³-hybridized carbons (Fsp3) is 0.226. The molecule has 40 heavy (non-hydrogen) atoms. The molecule has 8 nitrogen and oxygen atoms in total. The lowest BCUT2D eigenvalue weighted by atomic mass is 9.95. The number of thiazole rings is 1. The molecule has 0 radical (unpaired) electrons. The van der Waals surface area contributed by atoms with E-state index in [-0.39, 0.29) is 5.57 Å². The number of piperazine rings is 1. The van der Waals surface area contributed by atoms with Crippen molar-refractivity contribution >= 4 is 34.4 Å². The molecule has 9 heteroatoms. The molecule has 2 aliphatic heterocycles. The van der Waals surface area contributed by atoms with Gasteiger partial charge in [0.05, 0.1) is 22.2 Å². The number of anilines is 2. The van der Waals surface area contributed by atoms with Gasteiger partial charge in [-0.3, -0.25) is 19.5 Å². The summed E-state index contributed by atoms with van der Waals surface area (Å²) in [6, 6.07) is 20.1. The van der Waals surface area contributed by atoms with E-state index in [1.54, 1.807) is 31.5 Å². The summed E-state index contributed by atoms with van der Waals surface area (Å²) in [5, 5.41) is 11.9. The predicted octanol–water partition coefficient (Wildman–Crippen LogP) is 5.05. The zero-order valence-corrected chi connectivity index (χ0v) is 23.1. The molecule has 0 saturated carbocycles. The molecule has 1 saturated heterocycles. The van der Waals surface area contributed by atoms with Gasteiger partial charge in [-0.05, 0) is 55.9 Å². The SMILES string of the molecule is Cc1nc(-c2ccccc2)sc1C(=O)C1=C(O)C(=O)N(c2ccc(N3CCN(C)CC3)cc2)C1c1ccncc1. The zero-order chi connectivity index (χ0) is 27.8. The third-order valence-electron chi connectivity index (χ3n) is 7.49. The van der Waals surface area contributed by atoms with E-state index in [0.717, 1.165) is 37.4 Å². The van der Waals surface area contributed by atoms with Crippen LogP contribution < -0.4 is 9.80 Å². The summed E-state index contributed by atoms with van der Waals surface area (Å²) in [6.45, 7) is 5.61. The van der Waals surface area contributed by atoms with Gasteiger partial charge in [0.15, 0.2) is 5.76 Å². The van der Waals surface area contributed by atoms with Crippen molar-refractivity contribution in [1.29, 1.82) is 0 Å². The van der Waals surface area contributed by atoms with Crippen LogP contribution in [0.25, 0.3) is 10.6 Å². The van der Waals surface area contributed by atoms with Crippen molar-refractivity contribution in [2.75, 3.05) is 43.0 Å². The van der Waals surface area contributed by atoms with Crippen LogP contribution in [0, 0.1) is 6.92 Å². The van der Waals surface area contributed by atoms with Crippen molar-refractivity contribution in [3.63, 3.8) is 0 Å². The van der Waals surface area contributed by atoms with Gasteiger partial charge in [-0.15, -0.1) is 11.3 Å². The van der Waals surface area contributed by atoms with Crippen LogP contribution in [0.15, 0.2) is 90.5 Å². The lowest BCUT2D eigenvalue weighted by Gasteiger charge is -2.34. The highest BCUT2D eigenvalue weighted by atomic mass is 32.1. The number of carbonyl (C=O) groups is 2. The lowest BCUT2D eigenvalue weighted by molar-refractivity contribution is -0.117. The van der Waals surface area contributed by atoms with Gasteiger partial charge in [-0.25, -0.2) is 4.98 Å². The quantitative estimate of drug-likeness (QED) is 0.336. The largest absolute Gasteiger partial charge is 0.503 e. The fourth-order valence-electron chi connectivity index (χ4n) is 5.29. The number of rotatable bonds is 6. The number of pyridine rings is 1. The van der Waals surface area contributed by atoms with Crippen LogP contribution in [0.5, 0.6) is 0 Å². The molecule has 1 N–H and O–H groups in total. The van der Waals surface area contributed by atoms with E-state index < -0.39 is 23.5 Å². The van der Waals surface area contributed by atoms with E-state index in [0.29, 0.717) is 26.8 Å². The second-order valence-corrected chi connectivity index (χ2v) is 11.1. The molecular weight excluding hydrogens is 522 g/mol. The van der Waals surface area contributed by atoms with Gasteiger partial charge in [-0.2, -0.15) is 0 Å². The van der Waals surface area contributed by atoms with Crippen LogP contribution >= 0.6 is 11.3 Å². The van der Waals surface area contributed by atoms with Crippen molar-refractivity contribution < 1.29 is 14.7 Å². The van der Waals surface area contributed by atoms with Crippen molar-refractivity contribution in [3.05, 3.63) is 107 Å². The van der Waals surface area contributed by atoms with Crippen molar-refractivity contribution in [2.24, 2.45) is 0 Å². The number of hydrogen-bond acceptors (Lipinski definition) is 8. The number of Topliss-reactive ketones (excluding diaryl/α,β-unsaturated/α-hetero) is 1. The maximum absolute atomic E-state index is 14.1. The summed E-state index contributed by atoms with van der Waals surface area (Å²) in [4.78, 5) is 42.9. The topological polar surface area (TPSA) is 89.9 Å². The van der Waals surface area contributed by atoms with Crippen LogP contribution in [0.2, 0.25) is 0 Å². The van der Waals surface area contributed by atoms with Gasteiger partial charge in [0.1, 0.15) is 5.01 Å². The highest BCUT2D eigenvalue weighted by molar-refractivity contribution is 7.17. The van der Waals surface area contributed by atoms with Crippen LogP contribution in [0.3, 0.4) is 0 Å². The molecule has 6 rings (SSSR count). The first kappa shape index (κ1) is 25.9. The number of hydrogen-bond donors (Lipinski definition) is 1. The molecule has 4 heterocycles. The zero-order valence-electron chi connectivity index (χ0n) is 22.3. The van der Waals surface area contributed by atoms with E-state index in [1.807, 2.05) is 54.6 Å². The number of aliphatic hydroxyl groups excluding tert-OH is 1. The number of likely N-dealkylation sites (N-methyl/N-ethyl adjacent to an activating group) is 1. The monoisotopic (exact) mass is 551 g/mol. The van der Waals surface area contributed by atoms with Gasteiger partial charge in [0.2, 0.25) is 5.78 Å². The van der Waals surface area contributed by atoms with Crippen LogP contribution in [-0.2, 0) is 4.79 Å². The maximum Gasteiger partial charge on any atom is 0.294 e. The number of aryl methyl sites for hydroxylation is 1. The Bertz CT molecular complexity index is 1580. The molecule has 1 atom stereocenters. The van der Waals surface area contributed by atoms with E-state index in [1.165, 1.54) is 16.2 Å². The highest BCUT2D eigenvalue weighted by Crippen LogP contribution is 2.43. The third-order valence-corrected chi connectivity index (χ3v) is 8.70. The number of nitrogens with zero attached hydrogens (tertiary/aromatic N) is 5. The smallest absolute Gasteiger partial charge is 0.294 e. The van der Waals surface area contributed by atoms with E-state index in [4.69, 9.17) is 0 Å². The number of amides is 1. The molecule has 1 fully saturated rings. The van der Waals surface area contributed by atoms with Gasteiger partial charge in [0, 0.05) is 55.5 Å². The first-order valence-electron chi connectivity index (χ1n) is 13.2. The summed E-state index contributed by atoms with van der Waals surface area (Å²) >= 11 is 1.27. The Kier molecular flexibility index (Phi) is 6.91. The summed E-state index contributed by atoms with van der Waals surface area (Å²) in [5.74, 6) is -1.55. The molecule has 2 aliphatic rings. The van der Waals surface area contributed by atoms with Crippen LogP contribution in [0.4, 0.5) is 11.4 Å². The normalized spacial score (nSPS) is 18.1. The Morgan fingerprint density at radius 3 is 2.25 bits per heavy atom. The van der Waals surface area contributed by atoms with Gasteiger partial charge < -0.3 is 14.9 Å². The minimum atomic E-state index is -0.806. The molecule has 0 spiro atoms. The Morgan fingerprint density at radius 2 is 1.57 bits per heavy atom. The van der Waals surface area contributed by atoms with Gasteiger partial charge in [-0.1, -0.05) is 30.3 Å². The highest BCUT2D eigenvalue weighted by Gasteiger charge is 2.45. The molecule has 1 amide bonds. The number of benzene rings is 2. The fourth-order valence-corrected chi connectivity index (χ4v) is 6.31. The average molecular weight is 552 g/mol. The number of aliphatic hydroxyl groups is 1. The number of ketones is 1. The molecule has 2 aromatic carbocycles. The second kappa shape index (κ2) is 10.7. The summed E-state index contributed by atoms with van der Waals surface area (Å²) in [5.41, 5.74) is 3.87.